The number of rotatable bonds is 5. The van der Waals surface area contributed by atoms with Crippen molar-refractivity contribution in [2.75, 3.05) is 11.9 Å². The Morgan fingerprint density at radius 2 is 2.12 bits per heavy atom. The molecule has 0 saturated carbocycles. The molecule has 0 bridgehead atoms. The monoisotopic (exact) mass is 243 g/mol. The van der Waals surface area contributed by atoms with Crippen molar-refractivity contribution in [1.29, 1.82) is 0 Å². The molecule has 0 aromatic heterocycles. The smallest absolute Gasteiger partial charge is 0.305 e. The summed E-state index contributed by atoms with van der Waals surface area (Å²) in [4.78, 5) is 10.3. The molecule has 0 aliphatic heterocycles. The summed E-state index contributed by atoms with van der Waals surface area (Å²) in [5, 5.41) is 11.1. The van der Waals surface area contributed by atoms with E-state index in [4.69, 9.17) is 5.11 Å². The number of anilines is 1. The van der Waals surface area contributed by atoms with Crippen LogP contribution in [0.2, 0.25) is 0 Å². The van der Waals surface area contributed by atoms with Crippen LogP contribution in [0.4, 0.5) is 14.5 Å². The lowest BCUT2D eigenvalue weighted by Crippen LogP contribution is -2.12. The molecule has 0 aliphatic rings. The van der Waals surface area contributed by atoms with Gasteiger partial charge in [-0.3, -0.25) is 4.79 Å². The van der Waals surface area contributed by atoms with E-state index in [0.29, 0.717) is 0 Å². The first kappa shape index (κ1) is 13.4. The van der Waals surface area contributed by atoms with Gasteiger partial charge >= 0.3 is 5.97 Å². The van der Waals surface area contributed by atoms with Crippen molar-refractivity contribution >= 4 is 11.7 Å². The van der Waals surface area contributed by atoms with Crippen molar-refractivity contribution in [3.63, 3.8) is 0 Å². The predicted molar refractivity (Wildman–Crippen MR) is 61.3 cm³/mol. The Morgan fingerprint density at radius 1 is 1.47 bits per heavy atom. The Bertz CT molecular complexity index is 413. The number of carbonyl (C=O) groups is 1. The fraction of sp³-hybridized carbons (Fsp3) is 0.417. The highest BCUT2D eigenvalue weighted by Crippen LogP contribution is 2.27. The second-order valence-electron chi connectivity index (χ2n) is 4.24. The van der Waals surface area contributed by atoms with Gasteiger partial charge in [0, 0.05) is 6.54 Å². The number of alkyl halides is 1. The lowest BCUT2D eigenvalue weighted by atomic mass is 10.00. The van der Waals surface area contributed by atoms with Crippen LogP contribution in [0.15, 0.2) is 18.2 Å². The maximum atomic E-state index is 13.5. The van der Waals surface area contributed by atoms with E-state index < -0.39 is 17.5 Å². The van der Waals surface area contributed by atoms with E-state index in [9.17, 15) is 13.6 Å². The van der Waals surface area contributed by atoms with Crippen molar-refractivity contribution in [1.82, 2.24) is 0 Å². The van der Waals surface area contributed by atoms with Crippen LogP contribution in [0.1, 0.15) is 25.8 Å². The standard InChI is InChI=1S/C12H15F2NO2/c1-12(2,14)8-3-4-10(9(13)7-8)15-6-5-11(16)17/h3-4,7,15H,5-6H2,1-2H3,(H,16,17). The SMILES string of the molecule is CC(C)(F)c1ccc(NCCC(=O)O)c(F)c1. The van der Waals surface area contributed by atoms with Crippen LogP contribution in [0.5, 0.6) is 0 Å². The third-order valence-corrected chi connectivity index (χ3v) is 2.31. The molecule has 3 nitrogen and oxygen atoms in total. The van der Waals surface area contributed by atoms with Crippen LogP contribution in [0, 0.1) is 5.82 Å². The normalized spacial score (nSPS) is 11.3. The molecule has 0 saturated heterocycles. The molecular weight excluding hydrogens is 228 g/mol. The largest absolute Gasteiger partial charge is 0.481 e. The zero-order valence-corrected chi connectivity index (χ0v) is 9.76. The number of hydrogen-bond donors (Lipinski definition) is 2. The summed E-state index contributed by atoms with van der Waals surface area (Å²) < 4.78 is 27.1. The third kappa shape index (κ3) is 4.01. The minimum absolute atomic E-state index is 0.101. The minimum atomic E-state index is -1.60. The van der Waals surface area contributed by atoms with E-state index in [0.717, 1.165) is 6.07 Å². The van der Waals surface area contributed by atoms with Gasteiger partial charge in [-0.1, -0.05) is 6.07 Å². The summed E-state index contributed by atoms with van der Waals surface area (Å²) in [5.74, 6) is -1.54. The van der Waals surface area contributed by atoms with Crippen LogP contribution in [-0.2, 0) is 10.5 Å². The van der Waals surface area contributed by atoms with E-state index in [-0.39, 0.29) is 24.2 Å². The van der Waals surface area contributed by atoms with Crippen molar-refractivity contribution in [3.05, 3.63) is 29.6 Å². The molecule has 1 aromatic carbocycles. The molecule has 0 fully saturated rings. The number of carboxylic acids is 1. The second-order valence-corrected chi connectivity index (χ2v) is 4.24. The number of hydrogen-bond acceptors (Lipinski definition) is 2. The first-order valence-corrected chi connectivity index (χ1v) is 5.25. The van der Waals surface area contributed by atoms with Crippen molar-refractivity contribution in [3.8, 4) is 0 Å². The highest BCUT2D eigenvalue weighted by molar-refractivity contribution is 5.67. The number of nitrogens with one attached hydrogen (secondary N) is 1. The molecule has 0 aliphatic carbocycles. The molecule has 0 radical (unpaired) electrons. The molecule has 0 atom stereocenters. The summed E-state index contributed by atoms with van der Waals surface area (Å²) >= 11 is 0. The molecule has 0 unspecified atom stereocenters. The number of carboxylic acid groups (broad SMARTS) is 1. The topological polar surface area (TPSA) is 49.3 Å². The lowest BCUT2D eigenvalue weighted by molar-refractivity contribution is -0.136. The fourth-order valence-corrected chi connectivity index (χ4v) is 1.33. The van der Waals surface area contributed by atoms with Gasteiger partial charge < -0.3 is 10.4 Å². The summed E-state index contributed by atoms with van der Waals surface area (Å²) in [6.45, 7) is 2.82. The number of benzene rings is 1. The fourth-order valence-electron chi connectivity index (χ4n) is 1.33. The second kappa shape index (κ2) is 5.12. The molecule has 1 aromatic rings. The quantitative estimate of drug-likeness (QED) is 0.836. The highest BCUT2D eigenvalue weighted by atomic mass is 19.1. The summed E-state index contributed by atoms with van der Waals surface area (Å²) in [6.07, 6.45) is -0.101. The first-order valence-electron chi connectivity index (χ1n) is 5.25. The van der Waals surface area contributed by atoms with Gasteiger partial charge in [0.25, 0.3) is 0 Å². The summed E-state index contributed by atoms with van der Waals surface area (Å²) in [6, 6.07) is 4.00. The van der Waals surface area contributed by atoms with Gasteiger partial charge in [-0.15, -0.1) is 0 Å². The maximum Gasteiger partial charge on any atom is 0.305 e. The van der Waals surface area contributed by atoms with Gasteiger partial charge in [-0.05, 0) is 31.5 Å². The molecular formula is C12H15F2NO2. The average molecular weight is 243 g/mol. The molecule has 0 heterocycles. The lowest BCUT2D eigenvalue weighted by Gasteiger charge is -2.16. The van der Waals surface area contributed by atoms with Gasteiger partial charge in [0.2, 0.25) is 0 Å². The van der Waals surface area contributed by atoms with Gasteiger partial charge in [0.15, 0.2) is 0 Å². The summed E-state index contributed by atoms with van der Waals surface area (Å²) in [5.41, 5.74) is -1.17. The molecule has 0 spiro atoms. The Kier molecular flexibility index (Phi) is 4.04. The molecule has 17 heavy (non-hydrogen) atoms. The van der Waals surface area contributed by atoms with Crippen LogP contribution < -0.4 is 5.32 Å². The van der Waals surface area contributed by atoms with E-state index >= 15 is 0 Å². The van der Waals surface area contributed by atoms with Crippen LogP contribution >= 0.6 is 0 Å². The predicted octanol–water partition coefficient (Wildman–Crippen LogP) is 2.92. The van der Waals surface area contributed by atoms with Gasteiger partial charge in [-0.2, -0.15) is 0 Å². The van der Waals surface area contributed by atoms with Gasteiger partial charge in [-0.25, -0.2) is 8.78 Å². The van der Waals surface area contributed by atoms with Gasteiger partial charge in [0.1, 0.15) is 11.5 Å². The van der Waals surface area contributed by atoms with Crippen molar-refractivity contribution < 1.29 is 18.7 Å². The van der Waals surface area contributed by atoms with Gasteiger partial charge in [0.05, 0.1) is 12.1 Å². The van der Waals surface area contributed by atoms with Crippen LogP contribution in [0.3, 0.4) is 0 Å². The number of aliphatic carboxylic acids is 1. The molecule has 0 amide bonds. The average Bonchev–Trinajstić information content (AvgIpc) is 2.18. The van der Waals surface area contributed by atoms with Crippen molar-refractivity contribution in [2.24, 2.45) is 0 Å². The molecule has 1 rings (SSSR count). The van der Waals surface area contributed by atoms with E-state index in [2.05, 4.69) is 5.32 Å². The Balaban J connectivity index is 2.73. The number of halogens is 2. The van der Waals surface area contributed by atoms with Crippen LogP contribution in [-0.4, -0.2) is 17.6 Å². The van der Waals surface area contributed by atoms with E-state index in [1.165, 1.54) is 26.0 Å². The van der Waals surface area contributed by atoms with E-state index in [1.807, 2.05) is 0 Å². The first-order chi connectivity index (χ1) is 7.80. The minimum Gasteiger partial charge on any atom is -0.481 e. The van der Waals surface area contributed by atoms with E-state index in [1.54, 1.807) is 0 Å². The zero-order valence-electron chi connectivity index (χ0n) is 9.76. The Hall–Kier alpha value is -1.65. The molecule has 2 N–H and O–H groups in total. The van der Waals surface area contributed by atoms with Crippen molar-refractivity contribution in [2.45, 2.75) is 25.9 Å². The Morgan fingerprint density at radius 3 is 2.59 bits per heavy atom. The maximum absolute atomic E-state index is 13.5. The summed E-state index contributed by atoms with van der Waals surface area (Å²) in [7, 11) is 0. The third-order valence-electron chi connectivity index (χ3n) is 2.31. The molecule has 5 heteroatoms. The van der Waals surface area contributed by atoms with Crippen LogP contribution in [0.25, 0.3) is 0 Å². The Labute approximate surface area is 98.5 Å². The zero-order chi connectivity index (χ0) is 13.1. The highest BCUT2D eigenvalue weighted by Gasteiger charge is 2.19. The molecule has 94 valence electrons.